The Morgan fingerprint density at radius 3 is 2.05 bits per heavy atom. The highest BCUT2D eigenvalue weighted by atomic mass is 32.2. The van der Waals surface area contributed by atoms with Crippen molar-refractivity contribution >= 4 is 51.5 Å². The number of ketones is 3. The van der Waals surface area contributed by atoms with Gasteiger partial charge in [-0.15, -0.1) is 0 Å². The van der Waals surface area contributed by atoms with E-state index in [4.69, 9.17) is 0 Å². The molecule has 0 saturated heterocycles. The van der Waals surface area contributed by atoms with Crippen molar-refractivity contribution in [2.75, 3.05) is 5.32 Å². The van der Waals surface area contributed by atoms with Crippen molar-refractivity contribution in [3.05, 3.63) is 4.88 Å². The maximum absolute atomic E-state index is 11.6. The Labute approximate surface area is 124 Å². The minimum atomic E-state index is -0.889. The molecule has 6 nitrogen and oxygen atoms in total. The number of carbonyl (C=O) groups excluding carboxylic acids is 4. The van der Waals surface area contributed by atoms with Gasteiger partial charge in [0.15, 0.2) is 22.5 Å². The zero-order valence-corrected chi connectivity index (χ0v) is 13.1. The summed E-state index contributed by atoms with van der Waals surface area (Å²) in [6.45, 7) is 5.32. The molecule has 0 aromatic carbocycles. The number of hydrogen-bond donors (Lipinski definition) is 1. The third-order valence-corrected chi connectivity index (χ3v) is 4.79. The van der Waals surface area contributed by atoms with E-state index in [2.05, 4.69) is 10.3 Å². The second kappa shape index (κ2) is 6.76. The second-order valence-corrected chi connectivity index (χ2v) is 6.20. The number of hydrogen-bond acceptors (Lipinski definition) is 7. The summed E-state index contributed by atoms with van der Waals surface area (Å²) in [5.74, 6) is -1.13. The smallest absolute Gasteiger partial charge is 0.223 e. The van der Waals surface area contributed by atoms with E-state index in [0.717, 1.165) is 23.1 Å². The van der Waals surface area contributed by atoms with Crippen LogP contribution in [0.1, 0.15) is 37.4 Å². The fourth-order valence-corrected chi connectivity index (χ4v) is 3.46. The summed E-state index contributed by atoms with van der Waals surface area (Å²) in [7, 11) is 0. The molecular weight excluding hydrogens is 300 g/mol. The molecule has 108 valence electrons. The first-order valence-electron chi connectivity index (χ1n) is 5.69. The molecule has 1 heterocycles. The molecule has 0 aliphatic carbocycles. The zero-order valence-electron chi connectivity index (χ0n) is 11.5. The number of aromatic nitrogens is 1. The molecule has 1 N–H and O–H groups in total. The van der Waals surface area contributed by atoms with Crippen molar-refractivity contribution in [3.8, 4) is 0 Å². The molecule has 0 fully saturated rings. The molecule has 1 amide bonds. The topological polar surface area (TPSA) is 93.2 Å². The fraction of sp³-hybridized carbons (Fsp3) is 0.417. The Hall–Kier alpha value is -1.54. The van der Waals surface area contributed by atoms with Crippen LogP contribution in [-0.4, -0.2) is 33.5 Å². The van der Waals surface area contributed by atoms with Crippen LogP contribution < -0.4 is 5.32 Å². The van der Waals surface area contributed by atoms with Gasteiger partial charge in [-0.1, -0.05) is 23.1 Å². The SMILES string of the molecule is CC(=O)Nc1nc(SC(C(C)=O)C(C)=O)c(C(C)=O)s1. The van der Waals surface area contributed by atoms with Gasteiger partial charge in [-0.2, -0.15) is 0 Å². The number of carbonyl (C=O) groups is 4. The standard InChI is InChI=1S/C12H14N2O4S2/c1-5(15)9(6(2)16)19-11-10(7(3)17)20-12(14-11)13-8(4)18/h9H,1-4H3,(H,13,14,18). The van der Waals surface area contributed by atoms with E-state index in [9.17, 15) is 19.2 Å². The van der Waals surface area contributed by atoms with Crippen molar-refractivity contribution in [2.24, 2.45) is 0 Å². The molecule has 0 unspecified atom stereocenters. The molecular formula is C12H14N2O4S2. The van der Waals surface area contributed by atoms with Crippen LogP contribution >= 0.6 is 23.1 Å². The number of rotatable bonds is 6. The van der Waals surface area contributed by atoms with Crippen molar-refractivity contribution in [3.63, 3.8) is 0 Å². The van der Waals surface area contributed by atoms with Crippen LogP contribution in [0.25, 0.3) is 0 Å². The van der Waals surface area contributed by atoms with E-state index < -0.39 is 5.25 Å². The molecule has 0 atom stereocenters. The van der Waals surface area contributed by atoms with E-state index in [1.165, 1.54) is 27.7 Å². The van der Waals surface area contributed by atoms with Gasteiger partial charge in [-0.05, 0) is 13.8 Å². The van der Waals surface area contributed by atoms with Crippen LogP contribution in [0.2, 0.25) is 0 Å². The normalized spacial score (nSPS) is 10.4. The highest BCUT2D eigenvalue weighted by molar-refractivity contribution is 8.01. The van der Waals surface area contributed by atoms with Crippen LogP contribution in [0, 0.1) is 0 Å². The van der Waals surface area contributed by atoms with Gasteiger partial charge in [0, 0.05) is 13.8 Å². The molecule has 8 heteroatoms. The third-order valence-electron chi connectivity index (χ3n) is 2.17. The average Bonchev–Trinajstić information content (AvgIpc) is 2.67. The second-order valence-electron chi connectivity index (χ2n) is 4.11. The predicted octanol–water partition coefficient (Wildman–Crippen LogP) is 1.94. The lowest BCUT2D eigenvalue weighted by molar-refractivity contribution is -0.124. The number of amides is 1. The highest BCUT2D eigenvalue weighted by Gasteiger charge is 2.26. The van der Waals surface area contributed by atoms with E-state index in [-0.39, 0.29) is 28.4 Å². The molecule has 0 saturated carbocycles. The molecule has 0 bridgehead atoms. The molecule has 0 spiro atoms. The lowest BCUT2D eigenvalue weighted by atomic mass is 10.2. The average molecular weight is 314 g/mol. The molecule has 1 aromatic rings. The van der Waals surface area contributed by atoms with Gasteiger partial charge >= 0.3 is 0 Å². The van der Waals surface area contributed by atoms with Crippen LogP contribution in [0.4, 0.5) is 5.13 Å². The quantitative estimate of drug-likeness (QED) is 0.490. The van der Waals surface area contributed by atoms with Gasteiger partial charge in [-0.3, -0.25) is 19.2 Å². The summed E-state index contributed by atoms with van der Waals surface area (Å²) in [4.78, 5) is 49.9. The Kier molecular flexibility index (Phi) is 5.58. The van der Waals surface area contributed by atoms with E-state index >= 15 is 0 Å². The number of Topliss-reactive ketones (excluding diaryl/α,β-unsaturated/α-hetero) is 3. The van der Waals surface area contributed by atoms with E-state index in [1.807, 2.05) is 0 Å². The number of nitrogens with one attached hydrogen (secondary N) is 1. The molecule has 0 aliphatic heterocycles. The number of thiazole rings is 1. The summed E-state index contributed by atoms with van der Waals surface area (Å²) < 4.78 is 0. The number of thioether (sulfide) groups is 1. The van der Waals surface area contributed by atoms with Gasteiger partial charge in [0.1, 0.15) is 15.2 Å². The lowest BCUT2D eigenvalue weighted by Gasteiger charge is -2.08. The van der Waals surface area contributed by atoms with Crippen LogP contribution in [-0.2, 0) is 14.4 Å². The zero-order chi connectivity index (χ0) is 15.4. The number of anilines is 1. The molecule has 1 rings (SSSR count). The Bertz CT molecular complexity index is 566. The third kappa shape index (κ3) is 4.24. The van der Waals surface area contributed by atoms with Crippen LogP contribution in [0.5, 0.6) is 0 Å². The lowest BCUT2D eigenvalue weighted by Crippen LogP contribution is -2.22. The van der Waals surface area contributed by atoms with Crippen LogP contribution in [0.3, 0.4) is 0 Å². The van der Waals surface area contributed by atoms with E-state index in [0.29, 0.717) is 9.90 Å². The first-order valence-corrected chi connectivity index (χ1v) is 7.39. The molecule has 20 heavy (non-hydrogen) atoms. The van der Waals surface area contributed by atoms with Crippen molar-refractivity contribution < 1.29 is 19.2 Å². The summed E-state index contributed by atoms with van der Waals surface area (Å²) in [5, 5.41) is 2.16. The maximum Gasteiger partial charge on any atom is 0.223 e. The van der Waals surface area contributed by atoms with Gasteiger partial charge in [0.25, 0.3) is 0 Å². The maximum atomic E-state index is 11.6. The Balaban J connectivity index is 3.12. The van der Waals surface area contributed by atoms with Gasteiger partial charge < -0.3 is 5.32 Å². The van der Waals surface area contributed by atoms with Crippen molar-refractivity contribution in [1.82, 2.24) is 4.98 Å². The summed E-state index contributed by atoms with van der Waals surface area (Å²) in [6.07, 6.45) is 0. The summed E-state index contributed by atoms with van der Waals surface area (Å²) in [6, 6.07) is 0. The minimum Gasteiger partial charge on any atom is -0.302 e. The Morgan fingerprint density at radius 2 is 1.65 bits per heavy atom. The molecule has 0 radical (unpaired) electrons. The summed E-state index contributed by atoms with van der Waals surface area (Å²) in [5.41, 5.74) is 0. The molecule has 1 aromatic heterocycles. The van der Waals surface area contributed by atoms with Crippen molar-refractivity contribution in [2.45, 2.75) is 38.0 Å². The van der Waals surface area contributed by atoms with Gasteiger partial charge in [0.2, 0.25) is 5.91 Å². The fourth-order valence-electron chi connectivity index (χ4n) is 1.38. The first kappa shape index (κ1) is 16.5. The van der Waals surface area contributed by atoms with Gasteiger partial charge in [0.05, 0.1) is 0 Å². The molecule has 0 aliphatic rings. The van der Waals surface area contributed by atoms with Crippen molar-refractivity contribution in [1.29, 1.82) is 0 Å². The predicted molar refractivity (Wildman–Crippen MR) is 77.4 cm³/mol. The largest absolute Gasteiger partial charge is 0.302 e. The van der Waals surface area contributed by atoms with E-state index in [1.54, 1.807) is 0 Å². The highest BCUT2D eigenvalue weighted by Crippen LogP contribution is 2.34. The monoisotopic (exact) mass is 314 g/mol. The number of nitrogens with zero attached hydrogens (tertiary/aromatic N) is 1. The van der Waals surface area contributed by atoms with Crippen LogP contribution in [0.15, 0.2) is 5.03 Å². The minimum absolute atomic E-state index is 0.229. The Morgan fingerprint density at radius 1 is 1.10 bits per heavy atom. The first-order chi connectivity index (χ1) is 9.22. The van der Waals surface area contributed by atoms with Gasteiger partial charge in [-0.25, -0.2) is 4.98 Å². The summed E-state index contributed by atoms with van der Waals surface area (Å²) >= 11 is 1.96.